The van der Waals surface area contributed by atoms with Crippen LogP contribution in [0.25, 0.3) is 11.1 Å². The SMILES string of the molecule is CC(NC(=O)c1cc(-c2cccc(C(F)(F)F)c2)ccc1Oc1ccc(F)cc1)c1ccc(C(=O)O)cc1. The van der Waals surface area contributed by atoms with Crippen molar-refractivity contribution in [2.75, 3.05) is 0 Å². The fraction of sp³-hybridized carbons (Fsp3) is 0.103. The summed E-state index contributed by atoms with van der Waals surface area (Å²) in [6.07, 6.45) is -4.53. The number of hydrogen-bond acceptors (Lipinski definition) is 3. The number of halogens is 4. The highest BCUT2D eigenvalue weighted by molar-refractivity contribution is 5.98. The summed E-state index contributed by atoms with van der Waals surface area (Å²) >= 11 is 0. The molecular formula is C29H21F4NO4. The number of carboxylic acids is 1. The van der Waals surface area contributed by atoms with Crippen LogP contribution in [0.1, 0.15) is 44.8 Å². The Morgan fingerprint density at radius 1 is 0.868 bits per heavy atom. The molecule has 0 aromatic heterocycles. The lowest BCUT2D eigenvalue weighted by Gasteiger charge is -2.18. The van der Waals surface area contributed by atoms with E-state index >= 15 is 0 Å². The van der Waals surface area contributed by atoms with Crippen molar-refractivity contribution < 1.29 is 37.0 Å². The average Bonchev–Trinajstić information content (AvgIpc) is 2.89. The summed E-state index contributed by atoms with van der Waals surface area (Å²) < 4.78 is 58.9. The van der Waals surface area contributed by atoms with E-state index in [0.717, 1.165) is 12.1 Å². The molecule has 0 aliphatic heterocycles. The number of carbonyl (C=O) groups excluding carboxylic acids is 1. The number of hydrogen-bond donors (Lipinski definition) is 2. The molecule has 0 saturated carbocycles. The Morgan fingerprint density at radius 3 is 2.16 bits per heavy atom. The molecule has 0 spiro atoms. The third-order valence-corrected chi connectivity index (χ3v) is 5.79. The Morgan fingerprint density at radius 2 is 1.53 bits per heavy atom. The third-order valence-electron chi connectivity index (χ3n) is 5.79. The largest absolute Gasteiger partial charge is 0.478 e. The second-order valence-corrected chi connectivity index (χ2v) is 8.47. The lowest BCUT2D eigenvalue weighted by Crippen LogP contribution is -2.27. The van der Waals surface area contributed by atoms with Crippen LogP contribution in [-0.2, 0) is 6.18 Å². The number of aromatic carboxylic acids is 1. The van der Waals surface area contributed by atoms with Gasteiger partial charge < -0.3 is 15.2 Å². The third kappa shape index (κ3) is 6.18. The number of amides is 1. The average molecular weight is 523 g/mol. The summed E-state index contributed by atoms with van der Waals surface area (Å²) in [4.78, 5) is 24.5. The van der Waals surface area contributed by atoms with Gasteiger partial charge in [0, 0.05) is 0 Å². The van der Waals surface area contributed by atoms with E-state index in [4.69, 9.17) is 9.84 Å². The number of nitrogens with one attached hydrogen (secondary N) is 1. The van der Waals surface area contributed by atoms with E-state index in [0.29, 0.717) is 11.1 Å². The number of alkyl halides is 3. The minimum Gasteiger partial charge on any atom is -0.478 e. The molecule has 0 aliphatic rings. The molecule has 0 bridgehead atoms. The lowest BCUT2D eigenvalue weighted by atomic mass is 9.99. The lowest BCUT2D eigenvalue weighted by molar-refractivity contribution is -0.137. The van der Waals surface area contributed by atoms with Gasteiger partial charge in [0.15, 0.2) is 0 Å². The quantitative estimate of drug-likeness (QED) is 0.246. The van der Waals surface area contributed by atoms with Gasteiger partial charge in [-0.15, -0.1) is 0 Å². The maximum absolute atomic E-state index is 13.4. The van der Waals surface area contributed by atoms with Gasteiger partial charge in [-0.25, -0.2) is 9.18 Å². The molecule has 38 heavy (non-hydrogen) atoms. The highest BCUT2D eigenvalue weighted by atomic mass is 19.4. The van der Waals surface area contributed by atoms with Crippen LogP contribution in [0.15, 0.2) is 91.0 Å². The Hall–Kier alpha value is -4.66. The van der Waals surface area contributed by atoms with Gasteiger partial charge in [-0.05, 0) is 84.3 Å². The van der Waals surface area contributed by atoms with Gasteiger partial charge in [0.25, 0.3) is 5.91 Å². The van der Waals surface area contributed by atoms with E-state index in [9.17, 15) is 27.2 Å². The number of benzene rings is 4. The van der Waals surface area contributed by atoms with Gasteiger partial charge in [-0.1, -0.05) is 30.3 Å². The number of ether oxygens (including phenoxy) is 1. The molecule has 0 heterocycles. The van der Waals surface area contributed by atoms with Crippen molar-refractivity contribution in [2.45, 2.75) is 19.1 Å². The first-order valence-electron chi connectivity index (χ1n) is 11.4. The molecule has 2 N–H and O–H groups in total. The van der Waals surface area contributed by atoms with Crippen molar-refractivity contribution in [2.24, 2.45) is 0 Å². The Labute approximate surface area is 215 Å². The molecule has 0 aliphatic carbocycles. The van der Waals surface area contributed by atoms with Crippen LogP contribution in [0.5, 0.6) is 11.5 Å². The van der Waals surface area contributed by atoms with Crippen molar-refractivity contribution in [1.29, 1.82) is 0 Å². The zero-order chi connectivity index (χ0) is 27.4. The Balaban J connectivity index is 1.68. The first-order chi connectivity index (χ1) is 18.0. The van der Waals surface area contributed by atoms with E-state index < -0.39 is 35.5 Å². The van der Waals surface area contributed by atoms with Crippen molar-refractivity contribution in [1.82, 2.24) is 5.32 Å². The van der Waals surface area contributed by atoms with Crippen LogP contribution in [0.3, 0.4) is 0 Å². The van der Waals surface area contributed by atoms with Crippen LogP contribution < -0.4 is 10.1 Å². The number of carbonyl (C=O) groups is 2. The van der Waals surface area contributed by atoms with Gasteiger partial charge in [0.1, 0.15) is 17.3 Å². The van der Waals surface area contributed by atoms with Crippen molar-refractivity contribution in [3.05, 3.63) is 119 Å². The van der Waals surface area contributed by atoms with E-state index in [1.165, 1.54) is 66.7 Å². The van der Waals surface area contributed by atoms with Gasteiger partial charge in [0.05, 0.1) is 22.7 Å². The smallest absolute Gasteiger partial charge is 0.416 e. The first kappa shape index (κ1) is 26.4. The van der Waals surface area contributed by atoms with Gasteiger partial charge in [-0.2, -0.15) is 13.2 Å². The molecule has 0 saturated heterocycles. The fourth-order valence-electron chi connectivity index (χ4n) is 3.75. The predicted octanol–water partition coefficient (Wildman–Crippen LogP) is 7.49. The van der Waals surface area contributed by atoms with Crippen LogP contribution in [0.4, 0.5) is 17.6 Å². The standard InChI is InChI=1S/C29H21F4NO4/c1-17(18-5-7-19(8-6-18)28(36)37)34-27(35)25-16-21(20-3-2-4-22(15-20)29(31,32)33)9-14-26(25)38-24-12-10-23(30)11-13-24/h2-17H,1H3,(H,34,35)(H,36,37). The second-order valence-electron chi connectivity index (χ2n) is 8.47. The monoisotopic (exact) mass is 523 g/mol. The predicted molar refractivity (Wildman–Crippen MR) is 133 cm³/mol. The van der Waals surface area contributed by atoms with Gasteiger partial charge in [0.2, 0.25) is 0 Å². The molecule has 0 radical (unpaired) electrons. The van der Waals surface area contributed by atoms with E-state index in [1.807, 2.05) is 0 Å². The second kappa shape index (κ2) is 10.8. The zero-order valence-corrected chi connectivity index (χ0v) is 19.9. The summed E-state index contributed by atoms with van der Waals surface area (Å²) in [6, 6.07) is 19.7. The van der Waals surface area contributed by atoms with Crippen LogP contribution in [0, 0.1) is 5.82 Å². The van der Waals surface area contributed by atoms with E-state index in [2.05, 4.69) is 5.32 Å². The van der Waals surface area contributed by atoms with Crippen LogP contribution in [-0.4, -0.2) is 17.0 Å². The summed E-state index contributed by atoms with van der Waals surface area (Å²) in [7, 11) is 0. The first-order valence-corrected chi connectivity index (χ1v) is 11.4. The topological polar surface area (TPSA) is 75.6 Å². The van der Waals surface area contributed by atoms with Crippen molar-refractivity contribution in [3.8, 4) is 22.6 Å². The maximum Gasteiger partial charge on any atom is 0.416 e. The molecule has 4 aromatic carbocycles. The summed E-state index contributed by atoms with van der Waals surface area (Å²) in [5, 5.41) is 11.9. The maximum atomic E-state index is 13.4. The zero-order valence-electron chi connectivity index (χ0n) is 19.9. The molecule has 1 amide bonds. The van der Waals surface area contributed by atoms with Crippen LogP contribution >= 0.6 is 0 Å². The summed E-state index contributed by atoms with van der Waals surface area (Å²) in [6.45, 7) is 1.70. The molecule has 1 unspecified atom stereocenters. The summed E-state index contributed by atoms with van der Waals surface area (Å²) in [5.74, 6) is -1.77. The van der Waals surface area contributed by atoms with E-state index in [1.54, 1.807) is 19.1 Å². The number of carboxylic acid groups (broad SMARTS) is 1. The summed E-state index contributed by atoms with van der Waals surface area (Å²) in [5.41, 5.74) is 0.546. The van der Waals surface area contributed by atoms with Crippen LogP contribution in [0.2, 0.25) is 0 Å². The highest BCUT2D eigenvalue weighted by Gasteiger charge is 2.30. The van der Waals surface area contributed by atoms with Crippen molar-refractivity contribution in [3.63, 3.8) is 0 Å². The molecule has 4 aromatic rings. The minimum absolute atomic E-state index is 0.0400. The fourth-order valence-corrected chi connectivity index (χ4v) is 3.75. The van der Waals surface area contributed by atoms with E-state index in [-0.39, 0.29) is 28.2 Å². The normalized spacial score (nSPS) is 12.0. The Bertz CT molecular complexity index is 1470. The van der Waals surface area contributed by atoms with Gasteiger partial charge in [-0.3, -0.25) is 4.79 Å². The van der Waals surface area contributed by atoms with Gasteiger partial charge >= 0.3 is 12.1 Å². The Kier molecular flexibility index (Phi) is 7.47. The molecule has 0 fully saturated rings. The minimum atomic E-state index is -4.53. The van der Waals surface area contributed by atoms with Crippen molar-refractivity contribution >= 4 is 11.9 Å². The molecular weight excluding hydrogens is 502 g/mol. The molecule has 1 atom stereocenters. The highest BCUT2D eigenvalue weighted by Crippen LogP contribution is 2.35. The number of rotatable bonds is 7. The molecule has 4 rings (SSSR count). The molecule has 5 nitrogen and oxygen atoms in total. The molecule has 9 heteroatoms. The molecule has 194 valence electrons.